The molecule has 4 heteroatoms. The van der Waals surface area contributed by atoms with Gasteiger partial charge in [0.25, 0.3) is 0 Å². The van der Waals surface area contributed by atoms with Crippen LogP contribution in [-0.4, -0.2) is 12.1 Å². The third kappa shape index (κ3) is 4.47. The molecule has 0 N–H and O–H groups in total. The maximum Gasteiger partial charge on any atom is 0.164 e. The summed E-state index contributed by atoms with van der Waals surface area (Å²) in [5.41, 5.74) is 0.947. The third-order valence-electron chi connectivity index (χ3n) is 2.40. The van der Waals surface area contributed by atoms with E-state index in [-0.39, 0.29) is 0 Å². The summed E-state index contributed by atoms with van der Waals surface area (Å²) in [4.78, 5) is 5.78. The van der Waals surface area contributed by atoms with Crippen molar-refractivity contribution in [3.63, 3.8) is 0 Å². The van der Waals surface area contributed by atoms with Crippen molar-refractivity contribution in [1.82, 2.24) is 5.06 Å². The summed E-state index contributed by atoms with van der Waals surface area (Å²) in [6, 6.07) is 6.11. The molecular weight excluding hydrogens is 257 g/mol. The van der Waals surface area contributed by atoms with Gasteiger partial charge in [0.1, 0.15) is 6.61 Å². The molecule has 0 saturated carbocycles. The molecular formula is C13H19Cl2NO+. The summed E-state index contributed by atoms with van der Waals surface area (Å²) < 4.78 is 0. The minimum absolute atomic E-state index is 0.334. The molecule has 0 heterocycles. The van der Waals surface area contributed by atoms with E-state index < -0.39 is 0 Å². The Bertz CT molecular complexity index is 358. The average Bonchev–Trinajstić information content (AvgIpc) is 2.20. The third-order valence-corrected chi connectivity index (χ3v) is 2.99. The molecule has 2 nitrogen and oxygen atoms in total. The Kier molecular flexibility index (Phi) is 5.74. The van der Waals surface area contributed by atoms with E-state index in [2.05, 4.69) is 27.7 Å². The van der Waals surface area contributed by atoms with E-state index in [1.165, 1.54) is 0 Å². The van der Waals surface area contributed by atoms with Crippen LogP contribution in [-0.2, 0) is 11.4 Å². The van der Waals surface area contributed by atoms with Gasteiger partial charge in [-0.05, 0) is 44.9 Å². The Hall–Kier alpha value is -0.280. The molecule has 0 aliphatic heterocycles. The summed E-state index contributed by atoms with van der Waals surface area (Å²) in [5.74, 6) is 0. The van der Waals surface area contributed by atoms with Crippen LogP contribution in [0.2, 0.25) is 10.0 Å². The predicted molar refractivity (Wildman–Crippen MR) is 73.7 cm³/mol. The first-order chi connectivity index (χ1) is 7.91. The lowest BCUT2D eigenvalue weighted by Crippen LogP contribution is -2.42. The lowest BCUT2D eigenvalue weighted by Gasteiger charge is -2.16. The first-order valence-corrected chi connectivity index (χ1v) is 6.52. The Morgan fingerprint density at radius 1 is 1.12 bits per heavy atom. The fraction of sp³-hybridized carbons (Fsp3) is 0.538. The van der Waals surface area contributed by atoms with Gasteiger partial charge in [-0.15, -0.1) is 4.84 Å². The van der Waals surface area contributed by atoms with E-state index in [1.54, 1.807) is 6.07 Å². The zero-order valence-corrected chi connectivity index (χ0v) is 12.2. The van der Waals surface area contributed by atoms with Crippen molar-refractivity contribution < 1.29 is 4.84 Å². The number of halogens is 2. The maximum absolute atomic E-state index is 6.09. The molecule has 0 atom stereocenters. The fourth-order valence-corrected chi connectivity index (χ4v) is 2.14. The normalized spacial score (nSPS) is 11.8. The summed E-state index contributed by atoms with van der Waals surface area (Å²) >= 11 is 11.9. The molecule has 1 rings (SSSR count). The highest BCUT2D eigenvalue weighted by Crippen LogP contribution is 2.22. The standard InChI is InChI=1S/C13H19Cl2NO/c1-9(2)16(10(3)4)17-8-11-5-6-12(14)7-13(11)15/h5-7,9-10H,8H2,1-4H3/q+1. The zero-order chi connectivity index (χ0) is 13.0. The predicted octanol–water partition coefficient (Wildman–Crippen LogP) is 4.38. The number of nitrogens with zero attached hydrogens (tertiary/aromatic N) is 1. The van der Waals surface area contributed by atoms with Crippen LogP contribution >= 0.6 is 23.2 Å². The van der Waals surface area contributed by atoms with Gasteiger partial charge in [0.15, 0.2) is 12.1 Å². The Morgan fingerprint density at radius 3 is 2.18 bits per heavy atom. The molecule has 0 spiro atoms. The smallest absolute Gasteiger partial charge is 0.143 e. The lowest BCUT2D eigenvalue weighted by atomic mass is 10.2. The van der Waals surface area contributed by atoms with E-state index >= 15 is 0 Å². The van der Waals surface area contributed by atoms with Crippen molar-refractivity contribution >= 4 is 23.2 Å². The SMILES string of the molecule is CC(C)[N+](OCc1ccc(Cl)cc1Cl)C(C)C. The largest absolute Gasteiger partial charge is 0.164 e. The van der Waals surface area contributed by atoms with Crippen LogP contribution in [0.4, 0.5) is 0 Å². The van der Waals surface area contributed by atoms with Gasteiger partial charge in [-0.3, -0.25) is 0 Å². The molecule has 0 aliphatic carbocycles. The molecule has 0 amide bonds. The van der Waals surface area contributed by atoms with Gasteiger partial charge in [0.2, 0.25) is 0 Å². The molecule has 0 fully saturated rings. The first-order valence-electron chi connectivity index (χ1n) is 5.77. The van der Waals surface area contributed by atoms with Gasteiger partial charge in [-0.25, -0.2) is 0 Å². The van der Waals surface area contributed by atoms with Gasteiger partial charge in [0, 0.05) is 15.6 Å². The fourth-order valence-electron chi connectivity index (χ4n) is 1.68. The average molecular weight is 276 g/mol. The molecule has 17 heavy (non-hydrogen) atoms. The highest BCUT2D eigenvalue weighted by atomic mass is 35.5. The Labute approximate surface area is 113 Å². The molecule has 0 bridgehead atoms. The molecule has 0 aromatic heterocycles. The second kappa shape index (κ2) is 6.60. The van der Waals surface area contributed by atoms with Gasteiger partial charge in [-0.2, -0.15) is 0 Å². The van der Waals surface area contributed by atoms with Crippen molar-refractivity contribution in [1.29, 1.82) is 0 Å². The number of hydrogen-bond donors (Lipinski definition) is 0. The van der Waals surface area contributed by atoms with Crippen LogP contribution in [0.1, 0.15) is 33.3 Å². The van der Waals surface area contributed by atoms with Crippen LogP contribution in [0.25, 0.3) is 0 Å². The van der Waals surface area contributed by atoms with Crippen LogP contribution in [0.5, 0.6) is 0 Å². The van der Waals surface area contributed by atoms with Crippen molar-refractivity contribution in [2.75, 3.05) is 0 Å². The molecule has 1 aromatic carbocycles. The minimum atomic E-state index is 0.334. The molecule has 1 aromatic rings. The summed E-state index contributed by atoms with van der Waals surface area (Å²) in [6.45, 7) is 8.87. The van der Waals surface area contributed by atoms with Crippen molar-refractivity contribution in [2.45, 2.75) is 46.4 Å². The topological polar surface area (TPSA) is 15.1 Å². The highest BCUT2D eigenvalue weighted by Gasteiger charge is 2.26. The van der Waals surface area contributed by atoms with Gasteiger partial charge in [-0.1, -0.05) is 29.3 Å². The summed E-state index contributed by atoms with van der Waals surface area (Å²) in [6.07, 6.45) is 0. The van der Waals surface area contributed by atoms with Crippen LogP contribution in [0.15, 0.2) is 18.2 Å². The van der Waals surface area contributed by atoms with Crippen LogP contribution in [0.3, 0.4) is 0 Å². The highest BCUT2D eigenvalue weighted by molar-refractivity contribution is 6.35. The summed E-state index contributed by atoms with van der Waals surface area (Å²) in [7, 11) is 0. The van der Waals surface area contributed by atoms with E-state index in [9.17, 15) is 0 Å². The Morgan fingerprint density at radius 2 is 1.71 bits per heavy atom. The van der Waals surface area contributed by atoms with Crippen LogP contribution in [0, 0.1) is 0 Å². The molecule has 0 saturated heterocycles. The second-order valence-electron chi connectivity index (χ2n) is 4.56. The summed E-state index contributed by atoms with van der Waals surface area (Å²) in [5, 5.41) is 3.25. The number of benzene rings is 1. The van der Waals surface area contributed by atoms with Gasteiger partial charge in [0.05, 0.1) is 0 Å². The van der Waals surface area contributed by atoms with E-state index in [0.717, 1.165) is 5.56 Å². The molecule has 0 unspecified atom stereocenters. The minimum Gasteiger partial charge on any atom is -0.143 e. The number of hydroxylamine groups is 2. The molecule has 0 aliphatic rings. The van der Waals surface area contributed by atoms with E-state index in [0.29, 0.717) is 28.7 Å². The zero-order valence-electron chi connectivity index (χ0n) is 10.7. The number of hydrogen-bond acceptors (Lipinski definition) is 2. The maximum atomic E-state index is 6.09. The van der Waals surface area contributed by atoms with Gasteiger partial charge >= 0.3 is 0 Å². The van der Waals surface area contributed by atoms with Crippen LogP contribution < -0.4 is 5.06 Å². The number of rotatable bonds is 5. The van der Waals surface area contributed by atoms with Gasteiger partial charge < -0.3 is 0 Å². The monoisotopic (exact) mass is 275 g/mol. The molecule has 95 valence electrons. The first kappa shape index (κ1) is 14.8. The second-order valence-corrected chi connectivity index (χ2v) is 5.40. The van der Waals surface area contributed by atoms with Crippen molar-refractivity contribution in [3.8, 4) is 0 Å². The molecule has 1 radical (unpaired) electrons. The van der Waals surface area contributed by atoms with E-state index in [1.807, 2.05) is 17.2 Å². The lowest BCUT2D eigenvalue weighted by molar-refractivity contribution is -0.120. The van der Waals surface area contributed by atoms with Crippen molar-refractivity contribution in [3.05, 3.63) is 33.8 Å². The van der Waals surface area contributed by atoms with E-state index in [4.69, 9.17) is 28.0 Å². The Balaban J connectivity index is 2.65. The van der Waals surface area contributed by atoms with Crippen molar-refractivity contribution in [2.24, 2.45) is 0 Å². The quantitative estimate of drug-likeness (QED) is 0.575.